The molecule has 2 unspecified atom stereocenters. The first-order valence-electron chi connectivity index (χ1n) is 12.0. The van der Waals surface area contributed by atoms with Crippen molar-refractivity contribution in [1.29, 1.82) is 0 Å². The quantitative estimate of drug-likeness (QED) is 0.351. The van der Waals surface area contributed by atoms with Crippen molar-refractivity contribution in [2.24, 2.45) is 0 Å². The average molecular weight is 549 g/mol. The number of anilines is 2. The van der Waals surface area contributed by atoms with Crippen LogP contribution in [0.15, 0.2) is 76.4 Å². The number of nitrogens with one attached hydrogen (secondary N) is 2. The van der Waals surface area contributed by atoms with Gasteiger partial charge in [-0.15, -0.1) is 0 Å². The molecule has 1 aliphatic heterocycles. The van der Waals surface area contributed by atoms with E-state index in [0.29, 0.717) is 30.9 Å². The lowest BCUT2D eigenvalue weighted by atomic mass is 9.78. The number of ketones is 1. The third-order valence-corrected chi connectivity index (χ3v) is 7.26. The molecule has 0 aromatic heterocycles. The van der Waals surface area contributed by atoms with E-state index in [9.17, 15) is 4.79 Å². The Morgan fingerprint density at radius 1 is 0.917 bits per heavy atom. The fourth-order valence-electron chi connectivity index (χ4n) is 5.10. The number of methoxy groups -OCH3 is 2. The molecule has 0 spiro atoms. The van der Waals surface area contributed by atoms with Crippen LogP contribution in [0.3, 0.4) is 0 Å². The Labute approximate surface area is 219 Å². The van der Waals surface area contributed by atoms with Gasteiger partial charge in [0.05, 0.1) is 38.2 Å². The maximum Gasteiger partial charge on any atom is 0.163 e. The van der Waals surface area contributed by atoms with Crippen LogP contribution in [0.1, 0.15) is 42.9 Å². The molecule has 36 heavy (non-hydrogen) atoms. The van der Waals surface area contributed by atoms with Crippen molar-refractivity contribution in [3.05, 3.63) is 87.5 Å². The van der Waals surface area contributed by atoms with Crippen LogP contribution in [0.4, 0.5) is 11.4 Å². The predicted octanol–water partition coefficient (Wildman–Crippen LogP) is 6.84. The number of Topliss-reactive ketones (excluding diaryl/α,β-unsaturated/α-hetero) is 1. The van der Waals surface area contributed by atoms with Crippen LogP contribution >= 0.6 is 15.9 Å². The fraction of sp³-hybridized carbons (Fsp3) is 0.276. The minimum atomic E-state index is -0.355. The van der Waals surface area contributed by atoms with Gasteiger partial charge in [-0.2, -0.15) is 0 Å². The summed E-state index contributed by atoms with van der Waals surface area (Å²) in [4.78, 5) is 13.9. The predicted molar refractivity (Wildman–Crippen MR) is 145 cm³/mol. The second kappa shape index (κ2) is 10.3. The molecule has 7 heteroatoms. The number of hydrogen-bond donors (Lipinski definition) is 2. The molecular formula is C29H29BrN2O4. The van der Waals surface area contributed by atoms with Crippen LogP contribution < -0.4 is 24.8 Å². The van der Waals surface area contributed by atoms with Gasteiger partial charge < -0.3 is 24.8 Å². The van der Waals surface area contributed by atoms with Crippen LogP contribution in [0.25, 0.3) is 0 Å². The number of para-hydroxylation sites is 2. The number of rotatable bonds is 6. The molecule has 2 atom stereocenters. The minimum absolute atomic E-state index is 0.0173. The first-order valence-corrected chi connectivity index (χ1v) is 12.8. The zero-order chi connectivity index (χ0) is 25.2. The summed E-state index contributed by atoms with van der Waals surface area (Å²) in [6.45, 7) is 2.51. The molecule has 1 aliphatic carbocycles. The van der Waals surface area contributed by atoms with Gasteiger partial charge in [-0.25, -0.2) is 0 Å². The number of halogens is 1. The van der Waals surface area contributed by atoms with Crippen LogP contribution in [0, 0.1) is 0 Å². The number of fused-ring (bicyclic) bond motifs is 1. The highest BCUT2D eigenvalue weighted by molar-refractivity contribution is 9.10. The van der Waals surface area contributed by atoms with Crippen molar-refractivity contribution in [1.82, 2.24) is 0 Å². The lowest BCUT2D eigenvalue weighted by molar-refractivity contribution is -0.116. The van der Waals surface area contributed by atoms with Crippen molar-refractivity contribution >= 4 is 33.1 Å². The number of hydrogen-bond acceptors (Lipinski definition) is 6. The molecule has 5 rings (SSSR count). The maximum atomic E-state index is 13.9. The van der Waals surface area contributed by atoms with E-state index in [0.717, 1.165) is 44.0 Å². The Bertz CT molecular complexity index is 1340. The second-order valence-corrected chi connectivity index (χ2v) is 9.81. The van der Waals surface area contributed by atoms with E-state index in [2.05, 4.69) is 26.6 Å². The summed E-state index contributed by atoms with van der Waals surface area (Å²) in [5, 5.41) is 7.21. The van der Waals surface area contributed by atoms with Crippen molar-refractivity contribution in [2.45, 2.75) is 31.7 Å². The summed E-state index contributed by atoms with van der Waals surface area (Å²) in [7, 11) is 3.29. The number of allylic oxidation sites excluding steroid dienone is 1. The monoisotopic (exact) mass is 548 g/mol. The summed E-state index contributed by atoms with van der Waals surface area (Å²) < 4.78 is 17.9. The molecule has 0 saturated heterocycles. The molecule has 186 valence electrons. The normalized spacial score (nSPS) is 18.8. The molecule has 3 aromatic carbocycles. The Kier molecular flexibility index (Phi) is 6.92. The third kappa shape index (κ3) is 4.55. The molecule has 2 aliphatic rings. The lowest BCUT2D eigenvalue weighted by Crippen LogP contribution is -2.27. The lowest BCUT2D eigenvalue weighted by Gasteiger charge is -2.30. The number of ether oxygens (including phenoxy) is 3. The van der Waals surface area contributed by atoms with E-state index in [-0.39, 0.29) is 17.7 Å². The highest BCUT2D eigenvalue weighted by Crippen LogP contribution is 2.47. The standard InChI is InChI=1S/C29H29BrN2O4/c1-4-36-26-11-9-17(15-27(26)35-3)18-13-23-28(24(33)14-18)29(20-16-19(30)10-12-25(20)34-2)32-22-8-6-5-7-21(22)31-23/h5-12,15-16,18,29,31-32H,4,13-14H2,1-3H3. The van der Waals surface area contributed by atoms with Gasteiger partial charge >= 0.3 is 0 Å². The van der Waals surface area contributed by atoms with E-state index < -0.39 is 0 Å². The maximum absolute atomic E-state index is 13.9. The molecule has 0 amide bonds. The number of carbonyl (C=O) groups excluding carboxylic acids is 1. The van der Waals surface area contributed by atoms with Crippen LogP contribution in [0.5, 0.6) is 17.2 Å². The molecule has 3 aromatic rings. The topological polar surface area (TPSA) is 68.8 Å². The van der Waals surface area contributed by atoms with E-state index in [4.69, 9.17) is 14.2 Å². The summed E-state index contributed by atoms with van der Waals surface area (Å²) in [6, 6.07) is 19.5. The van der Waals surface area contributed by atoms with E-state index >= 15 is 0 Å². The van der Waals surface area contributed by atoms with Crippen LogP contribution in [-0.4, -0.2) is 26.6 Å². The van der Waals surface area contributed by atoms with Gasteiger partial charge in [-0.3, -0.25) is 4.79 Å². The molecule has 2 N–H and O–H groups in total. The van der Waals surface area contributed by atoms with Gasteiger partial charge in [0.25, 0.3) is 0 Å². The van der Waals surface area contributed by atoms with Gasteiger partial charge in [0.15, 0.2) is 17.3 Å². The molecule has 0 fully saturated rings. The number of benzene rings is 3. The van der Waals surface area contributed by atoms with E-state index in [1.54, 1.807) is 14.2 Å². The first-order chi connectivity index (χ1) is 17.5. The Hall–Kier alpha value is -3.45. The SMILES string of the molecule is CCOc1ccc(C2CC(=O)C3=C(C2)Nc2ccccc2NC3c2cc(Br)ccc2OC)cc1OC. The van der Waals surface area contributed by atoms with Gasteiger partial charge in [0, 0.05) is 27.7 Å². The van der Waals surface area contributed by atoms with Gasteiger partial charge in [-0.1, -0.05) is 34.1 Å². The van der Waals surface area contributed by atoms with Gasteiger partial charge in [0.1, 0.15) is 5.75 Å². The molecule has 0 radical (unpaired) electrons. The fourth-order valence-corrected chi connectivity index (χ4v) is 5.48. The Balaban J connectivity index is 1.59. The van der Waals surface area contributed by atoms with Crippen molar-refractivity contribution in [3.8, 4) is 17.2 Å². The summed E-state index contributed by atoms with van der Waals surface area (Å²) in [6.07, 6.45) is 1.10. The average Bonchev–Trinajstić information content (AvgIpc) is 3.06. The largest absolute Gasteiger partial charge is 0.496 e. The Morgan fingerprint density at radius 3 is 2.42 bits per heavy atom. The second-order valence-electron chi connectivity index (χ2n) is 8.90. The van der Waals surface area contributed by atoms with E-state index in [1.807, 2.05) is 67.6 Å². The van der Waals surface area contributed by atoms with E-state index in [1.165, 1.54) is 0 Å². The molecule has 1 heterocycles. The number of carbonyl (C=O) groups is 1. The zero-order valence-electron chi connectivity index (χ0n) is 20.6. The molecule has 0 bridgehead atoms. The summed E-state index contributed by atoms with van der Waals surface area (Å²) >= 11 is 3.60. The van der Waals surface area contributed by atoms with Crippen molar-refractivity contribution < 1.29 is 19.0 Å². The van der Waals surface area contributed by atoms with Crippen molar-refractivity contribution in [2.75, 3.05) is 31.5 Å². The summed E-state index contributed by atoms with van der Waals surface area (Å²) in [5.41, 5.74) is 5.52. The van der Waals surface area contributed by atoms with Crippen LogP contribution in [-0.2, 0) is 4.79 Å². The Morgan fingerprint density at radius 2 is 1.67 bits per heavy atom. The zero-order valence-corrected chi connectivity index (χ0v) is 22.1. The highest BCUT2D eigenvalue weighted by Gasteiger charge is 2.37. The van der Waals surface area contributed by atoms with Crippen molar-refractivity contribution in [3.63, 3.8) is 0 Å². The highest BCUT2D eigenvalue weighted by atomic mass is 79.9. The molecule has 0 saturated carbocycles. The van der Waals surface area contributed by atoms with Crippen LogP contribution in [0.2, 0.25) is 0 Å². The van der Waals surface area contributed by atoms with Gasteiger partial charge in [0.2, 0.25) is 0 Å². The summed E-state index contributed by atoms with van der Waals surface area (Å²) in [5.74, 6) is 2.24. The molecule has 6 nitrogen and oxygen atoms in total. The third-order valence-electron chi connectivity index (χ3n) is 6.77. The smallest absolute Gasteiger partial charge is 0.163 e. The van der Waals surface area contributed by atoms with Gasteiger partial charge in [-0.05, 0) is 67.3 Å². The minimum Gasteiger partial charge on any atom is -0.496 e. The molecular weight excluding hydrogens is 520 g/mol. The first kappa shape index (κ1) is 24.3.